The molecule has 1 N–H and O–H groups in total. The van der Waals surface area contributed by atoms with Crippen LogP contribution in [0.2, 0.25) is 0 Å². The highest BCUT2D eigenvalue weighted by molar-refractivity contribution is 9.10. The summed E-state index contributed by atoms with van der Waals surface area (Å²) in [6, 6.07) is 20.2. The molecule has 0 fully saturated rings. The van der Waals surface area contributed by atoms with Crippen molar-refractivity contribution < 1.29 is 18.7 Å². The van der Waals surface area contributed by atoms with Gasteiger partial charge in [-0.15, -0.1) is 0 Å². The average molecular weight is 481 g/mol. The van der Waals surface area contributed by atoms with Gasteiger partial charge in [-0.2, -0.15) is 5.26 Å². The quantitative estimate of drug-likeness (QED) is 0.346. The van der Waals surface area contributed by atoms with Crippen LogP contribution in [0.1, 0.15) is 11.1 Å². The minimum atomic E-state index is -0.517. The summed E-state index contributed by atoms with van der Waals surface area (Å²) in [4.78, 5) is 12.5. The lowest BCUT2D eigenvalue weighted by Crippen LogP contribution is -2.13. The Kier molecular flexibility index (Phi) is 7.41. The van der Waals surface area contributed by atoms with Crippen LogP contribution in [0.5, 0.6) is 11.5 Å². The standard InChI is InChI=1S/C24H18BrFN2O3/c1-30-22-12-17(11-18(14-27)24(29)28-20-5-3-2-4-6-20)21(25)13-23(22)31-15-16-7-9-19(26)10-8-16/h2-13H,15H2,1H3,(H,28,29)/b18-11-. The van der Waals surface area contributed by atoms with Gasteiger partial charge in [0.2, 0.25) is 0 Å². The predicted octanol–water partition coefficient (Wildman–Crippen LogP) is 5.72. The van der Waals surface area contributed by atoms with E-state index in [0.717, 1.165) is 5.56 Å². The van der Waals surface area contributed by atoms with Gasteiger partial charge in [-0.05, 0) is 53.6 Å². The van der Waals surface area contributed by atoms with Gasteiger partial charge in [0.1, 0.15) is 24.1 Å². The largest absolute Gasteiger partial charge is 0.493 e. The molecule has 0 atom stereocenters. The number of benzene rings is 3. The van der Waals surface area contributed by atoms with Crippen LogP contribution in [0, 0.1) is 17.1 Å². The highest BCUT2D eigenvalue weighted by Crippen LogP contribution is 2.35. The molecule has 0 aliphatic heterocycles. The number of nitrogens with zero attached hydrogens (tertiary/aromatic N) is 1. The van der Waals surface area contributed by atoms with Gasteiger partial charge in [0.05, 0.1) is 7.11 Å². The van der Waals surface area contributed by atoms with Crippen LogP contribution in [0.3, 0.4) is 0 Å². The van der Waals surface area contributed by atoms with Crippen molar-refractivity contribution in [2.75, 3.05) is 12.4 Å². The molecule has 3 aromatic rings. The molecule has 0 spiro atoms. The Bertz CT molecular complexity index is 1140. The van der Waals surface area contributed by atoms with Crippen LogP contribution in [0.25, 0.3) is 6.08 Å². The third-order valence-electron chi connectivity index (χ3n) is 4.29. The Balaban J connectivity index is 1.81. The highest BCUT2D eigenvalue weighted by atomic mass is 79.9. The first-order valence-electron chi connectivity index (χ1n) is 9.23. The summed E-state index contributed by atoms with van der Waals surface area (Å²) in [5.41, 5.74) is 1.90. The number of carbonyl (C=O) groups is 1. The van der Waals surface area contributed by atoms with Crippen LogP contribution >= 0.6 is 15.9 Å². The van der Waals surface area contributed by atoms with Gasteiger partial charge in [0.25, 0.3) is 5.91 Å². The van der Waals surface area contributed by atoms with Crippen LogP contribution in [-0.2, 0) is 11.4 Å². The molecule has 31 heavy (non-hydrogen) atoms. The maximum Gasteiger partial charge on any atom is 0.266 e. The number of hydrogen-bond acceptors (Lipinski definition) is 4. The Morgan fingerprint density at radius 2 is 1.84 bits per heavy atom. The SMILES string of the molecule is COc1cc(/C=C(/C#N)C(=O)Nc2ccccc2)c(Br)cc1OCc1ccc(F)cc1. The van der Waals surface area contributed by atoms with Crippen molar-refractivity contribution in [1.82, 2.24) is 0 Å². The van der Waals surface area contributed by atoms with E-state index in [1.54, 1.807) is 48.5 Å². The maximum atomic E-state index is 13.1. The summed E-state index contributed by atoms with van der Waals surface area (Å²) in [6.07, 6.45) is 1.47. The summed E-state index contributed by atoms with van der Waals surface area (Å²) < 4.78 is 24.9. The smallest absolute Gasteiger partial charge is 0.266 e. The van der Waals surface area contributed by atoms with E-state index in [4.69, 9.17) is 9.47 Å². The average Bonchev–Trinajstić information content (AvgIpc) is 2.78. The van der Waals surface area contributed by atoms with Crippen molar-refractivity contribution >= 4 is 33.6 Å². The number of amides is 1. The van der Waals surface area contributed by atoms with Gasteiger partial charge >= 0.3 is 0 Å². The van der Waals surface area contributed by atoms with E-state index in [-0.39, 0.29) is 18.0 Å². The lowest BCUT2D eigenvalue weighted by molar-refractivity contribution is -0.112. The van der Waals surface area contributed by atoms with Gasteiger partial charge in [-0.3, -0.25) is 4.79 Å². The molecule has 1 amide bonds. The molecule has 7 heteroatoms. The lowest BCUT2D eigenvalue weighted by Gasteiger charge is -2.13. The van der Waals surface area contributed by atoms with Crippen molar-refractivity contribution in [2.24, 2.45) is 0 Å². The van der Waals surface area contributed by atoms with Crippen LogP contribution in [0.4, 0.5) is 10.1 Å². The molecule has 3 aromatic carbocycles. The second kappa shape index (κ2) is 10.4. The van der Waals surface area contributed by atoms with E-state index in [0.29, 0.717) is 27.2 Å². The van der Waals surface area contributed by atoms with Gasteiger partial charge in [0, 0.05) is 10.2 Å². The number of nitriles is 1. The molecule has 0 heterocycles. The number of nitrogens with one attached hydrogen (secondary N) is 1. The minimum absolute atomic E-state index is 0.0633. The molecule has 156 valence electrons. The van der Waals surface area contributed by atoms with E-state index >= 15 is 0 Å². The lowest BCUT2D eigenvalue weighted by atomic mass is 10.1. The molecule has 3 rings (SSSR count). The molecule has 0 radical (unpaired) electrons. The second-order valence-corrected chi connectivity index (χ2v) is 7.28. The Morgan fingerprint density at radius 1 is 1.13 bits per heavy atom. The fraction of sp³-hybridized carbons (Fsp3) is 0.0833. The summed E-state index contributed by atoms with van der Waals surface area (Å²) in [6.45, 7) is 0.223. The summed E-state index contributed by atoms with van der Waals surface area (Å²) in [5.74, 6) is 0.0569. The van der Waals surface area contributed by atoms with E-state index in [1.807, 2.05) is 12.1 Å². The molecular formula is C24H18BrFN2O3. The molecule has 0 bridgehead atoms. The predicted molar refractivity (Wildman–Crippen MR) is 120 cm³/mol. The van der Waals surface area contributed by atoms with Crippen molar-refractivity contribution in [2.45, 2.75) is 6.61 Å². The molecule has 0 unspecified atom stereocenters. The number of para-hydroxylation sites is 1. The molecule has 0 saturated heterocycles. The number of halogens is 2. The van der Waals surface area contributed by atoms with Crippen molar-refractivity contribution in [3.63, 3.8) is 0 Å². The van der Waals surface area contributed by atoms with E-state index in [9.17, 15) is 14.4 Å². The molecule has 0 aromatic heterocycles. The summed E-state index contributed by atoms with van der Waals surface area (Å²) in [5, 5.41) is 12.1. The molecule has 0 saturated carbocycles. The number of carbonyl (C=O) groups excluding carboxylic acids is 1. The van der Waals surface area contributed by atoms with Gasteiger partial charge < -0.3 is 14.8 Å². The molecule has 0 aliphatic carbocycles. The zero-order valence-corrected chi connectivity index (χ0v) is 18.1. The van der Waals surface area contributed by atoms with Crippen LogP contribution in [-0.4, -0.2) is 13.0 Å². The third kappa shape index (κ3) is 5.93. The van der Waals surface area contributed by atoms with Gasteiger partial charge in [0.15, 0.2) is 11.5 Å². The molecule has 0 aliphatic rings. The second-order valence-electron chi connectivity index (χ2n) is 6.43. The first-order chi connectivity index (χ1) is 15.0. The fourth-order valence-corrected chi connectivity index (χ4v) is 3.14. The van der Waals surface area contributed by atoms with Crippen LogP contribution < -0.4 is 14.8 Å². The number of ether oxygens (including phenoxy) is 2. The first-order valence-corrected chi connectivity index (χ1v) is 10.0. The minimum Gasteiger partial charge on any atom is -0.493 e. The Morgan fingerprint density at radius 3 is 2.48 bits per heavy atom. The van der Waals surface area contributed by atoms with Crippen molar-refractivity contribution in [1.29, 1.82) is 5.26 Å². The van der Waals surface area contributed by atoms with E-state index in [1.165, 1.54) is 25.3 Å². The summed E-state index contributed by atoms with van der Waals surface area (Å²) in [7, 11) is 1.49. The number of rotatable bonds is 7. The monoisotopic (exact) mass is 480 g/mol. The van der Waals surface area contributed by atoms with E-state index < -0.39 is 5.91 Å². The first kappa shape index (κ1) is 22.1. The van der Waals surface area contributed by atoms with Gasteiger partial charge in [-0.25, -0.2) is 4.39 Å². The Labute approximate surface area is 187 Å². The van der Waals surface area contributed by atoms with Crippen molar-refractivity contribution in [3.05, 3.63) is 93.7 Å². The molecular weight excluding hydrogens is 463 g/mol. The number of hydrogen-bond donors (Lipinski definition) is 1. The van der Waals surface area contributed by atoms with E-state index in [2.05, 4.69) is 21.2 Å². The topological polar surface area (TPSA) is 71.3 Å². The van der Waals surface area contributed by atoms with Crippen molar-refractivity contribution in [3.8, 4) is 17.6 Å². The zero-order valence-electron chi connectivity index (χ0n) is 16.6. The highest BCUT2D eigenvalue weighted by Gasteiger charge is 2.14. The fourth-order valence-electron chi connectivity index (χ4n) is 2.70. The number of methoxy groups -OCH3 is 1. The third-order valence-corrected chi connectivity index (χ3v) is 4.97. The maximum absolute atomic E-state index is 13.1. The zero-order chi connectivity index (χ0) is 22.2. The molecule has 5 nitrogen and oxygen atoms in total. The Hall–Kier alpha value is -3.63. The van der Waals surface area contributed by atoms with Crippen LogP contribution in [0.15, 0.2) is 76.8 Å². The number of anilines is 1. The summed E-state index contributed by atoms with van der Waals surface area (Å²) >= 11 is 3.45. The van der Waals surface area contributed by atoms with Gasteiger partial charge in [-0.1, -0.05) is 46.3 Å². The normalized spacial score (nSPS) is 10.8.